The number of carboxylic acids is 1. The van der Waals surface area contributed by atoms with Gasteiger partial charge in [0.05, 0.1) is 5.92 Å². The van der Waals surface area contributed by atoms with E-state index in [2.05, 4.69) is 34.6 Å². The minimum atomic E-state index is -0.936. The van der Waals surface area contributed by atoms with Crippen molar-refractivity contribution < 1.29 is 24.2 Å². The molecule has 1 saturated carbocycles. The van der Waals surface area contributed by atoms with Crippen LogP contribution in [0.5, 0.6) is 0 Å². The molecule has 0 radical (unpaired) electrons. The Morgan fingerprint density at radius 2 is 1.69 bits per heavy atom. The number of carbonyl (C=O) groups excluding carboxylic acids is 2. The van der Waals surface area contributed by atoms with Gasteiger partial charge in [0.15, 0.2) is 0 Å². The molecule has 3 N–H and O–H groups in total. The monoisotopic (exact) mass is 474 g/mol. The summed E-state index contributed by atoms with van der Waals surface area (Å²) in [5, 5.41) is 14.8. The van der Waals surface area contributed by atoms with Crippen molar-refractivity contribution in [2.45, 2.75) is 44.6 Å². The molecule has 0 saturated heterocycles. The maximum Gasteiger partial charge on any atom is 0.407 e. The lowest BCUT2D eigenvalue weighted by atomic mass is 9.76. The van der Waals surface area contributed by atoms with Crippen molar-refractivity contribution in [3.8, 4) is 23.0 Å². The van der Waals surface area contributed by atoms with Crippen molar-refractivity contribution in [2.24, 2.45) is 11.8 Å². The van der Waals surface area contributed by atoms with E-state index >= 15 is 0 Å². The third kappa shape index (κ3) is 5.48. The highest BCUT2D eigenvalue weighted by Crippen LogP contribution is 2.44. The molecule has 0 aliphatic heterocycles. The molecular weight excluding hydrogens is 444 g/mol. The van der Waals surface area contributed by atoms with Gasteiger partial charge < -0.3 is 20.5 Å². The summed E-state index contributed by atoms with van der Waals surface area (Å²) >= 11 is 0. The number of amides is 2. The number of ether oxygens (including phenoxy) is 1. The number of hydrogen-bond donors (Lipinski definition) is 3. The largest absolute Gasteiger partial charge is 0.481 e. The van der Waals surface area contributed by atoms with E-state index in [1.54, 1.807) is 6.92 Å². The van der Waals surface area contributed by atoms with E-state index in [0.29, 0.717) is 0 Å². The van der Waals surface area contributed by atoms with Crippen LogP contribution in [0.3, 0.4) is 0 Å². The molecule has 0 bridgehead atoms. The van der Waals surface area contributed by atoms with Crippen molar-refractivity contribution in [3.05, 3.63) is 59.7 Å². The van der Waals surface area contributed by atoms with Crippen molar-refractivity contribution in [1.82, 2.24) is 10.6 Å². The quantitative estimate of drug-likeness (QED) is 0.478. The third-order valence-corrected chi connectivity index (χ3v) is 6.97. The molecule has 2 atom stereocenters. The summed E-state index contributed by atoms with van der Waals surface area (Å²) < 4.78 is 5.56. The molecule has 0 heterocycles. The van der Waals surface area contributed by atoms with Gasteiger partial charge in [-0.3, -0.25) is 9.59 Å². The zero-order chi connectivity index (χ0) is 24.8. The van der Waals surface area contributed by atoms with E-state index in [1.165, 1.54) is 0 Å². The predicted octanol–water partition coefficient (Wildman–Crippen LogP) is 3.92. The highest BCUT2D eigenvalue weighted by Gasteiger charge is 2.34. The lowest BCUT2D eigenvalue weighted by Crippen LogP contribution is -2.49. The lowest BCUT2D eigenvalue weighted by molar-refractivity contribution is -0.144. The number of carbonyl (C=O) groups is 3. The number of aliphatic carboxylic acids is 1. The van der Waals surface area contributed by atoms with Gasteiger partial charge in [-0.25, -0.2) is 4.79 Å². The van der Waals surface area contributed by atoms with Crippen LogP contribution in [0.25, 0.3) is 11.1 Å². The Morgan fingerprint density at radius 3 is 2.23 bits per heavy atom. The van der Waals surface area contributed by atoms with Crippen LogP contribution in [0.1, 0.15) is 49.7 Å². The number of rotatable bonds is 9. The van der Waals surface area contributed by atoms with E-state index in [-0.39, 0.29) is 31.4 Å². The van der Waals surface area contributed by atoms with Crippen molar-refractivity contribution in [1.29, 1.82) is 0 Å². The fourth-order valence-corrected chi connectivity index (χ4v) is 4.83. The van der Waals surface area contributed by atoms with Crippen LogP contribution >= 0.6 is 0 Å². The molecule has 2 aromatic rings. The molecule has 7 nitrogen and oxygen atoms in total. The van der Waals surface area contributed by atoms with Crippen molar-refractivity contribution >= 4 is 18.0 Å². The first-order valence-corrected chi connectivity index (χ1v) is 12.0. The number of carboxylic acid groups (broad SMARTS) is 1. The fourth-order valence-electron chi connectivity index (χ4n) is 4.83. The van der Waals surface area contributed by atoms with Crippen LogP contribution in [0, 0.1) is 23.7 Å². The van der Waals surface area contributed by atoms with Crippen LogP contribution < -0.4 is 10.6 Å². The first kappa shape index (κ1) is 24.3. The third-order valence-electron chi connectivity index (χ3n) is 6.97. The van der Waals surface area contributed by atoms with Gasteiger partial charge in [-0.15, -0.1) is 11.8 Å². The Bertz CT molecular complexity index is 1120. The molecule has 0 aromatic heterocycles. The van der Waals surface area contributed by atoms with Crippen LogP contribution in [0.4, 0.5) is 4.79 Å². The topological polar surface area (TPSA) is 105 Å². The van der Waals surface area contributed by atoms with E-state index in [1.807, 2.05) is 36.4 Å². The smallest absolute Gasteiger partial charge is 0.407 e. The first-order chi connectivity index (χ1) is 17.0. The summed E-state index contributed by atoms with van der Waals surface area (Å²) in [6.07, 6.45) is 2.12. The number of fused-ring (bicyclic) bond motifs is 3. The maximum absolute atomic E-state index is 12.8. The van der Waals surface area contributed by atoms with Gasteiger partial charge in [0.1, 0.15) is 12.6 Å². The molecule has 2 aromatic carbocycles. The zero-order valence-electron chi connectivity index (χ0n) is 19.8. The average molecular weight is 475 g/mol. The van der Waals surface area contributed by atoms with Gasteiger partial charge in [0.25, 0.3) is 0 Å². The van der Waals surface area contributed by atoms with Gasteiger partial charge in [-0.05, 0) is 47.9 Å². The minimum absolute atomic E-state index is 0.0290. The summed E-state index contributed by atoms with van der Waals surface area (Å²) in [7, 11) is 0. The first-order valence-electron chi connectivity index (χ1n) is 12.0. The molecule has 2 aliphatic rings. The predicted molar refractivity (Wildman–Crippen MR) is 132 cm³/mol. The second-order valence-electron chi connectivity index (χ2n) is 9.03. The standard InChI is InChI=1S/C28H30N2O5/c1-2-3-15-25(26(31)29-16-23(27(32)33)18-9-8-10-18)30-28(34)35-17-24-21-13-6-4-11-19(21)20-12-5-7-14-22(20)24/h4-7,11-14,18,23-25H,8-10,15-17H2,1H3,(H,29,31)(H,30,34)(H,32,33). The Kier molecular flexibility index (Phi) is 7.71. The molecule has 1 fully saturated rings. The molecular formula is C28H30N2O5. The molecule has 35 heavy (non-hydrogen) atoms. The van der Waals surface area contributed by atoms with E-state index in [4.69, 9.17) is 4.74 Å². The van der Waals surface area contributed by atoms with Gasteiger partial charge >= 0.3 is 12.1 Å². The lowest BCUT2D eigenvalue weighted by Gasteiger charge is -2.31. The SMILES string of the molecule is CC#CCC(NC(=O)OCC1c2ccccc2-c2ccccc21)C(=O)NCC(C(=O)O)C1CCC1. The average Bonchev–Trinajstić information content (AvgIpc) is 3.15. The van der Waals surface area contributed by atoms with Crippen molar-refractivity contribution in [3.63, 3.8) is 0 Å². The van der Waals surface area contributed by atoms with Gasteiger partial charge in [-0.2, -0.15) is 0 Å². The van der Waals surface area contributed by atoms with Gasteiger partial charge in [-0.1, -0.05) is 55.0 Å². The fraction of sp³-hybridized carbons (Fsp3) is 0.393. The normalized spacial score (nSPS) is 15.9. The summed E-state index contributed by atoms with van der Waals surface area (Å²) in [5.74, 6) is 3.53. The Labute approximate surface area is 205 Å². The maximum atomic E-state index is 12.8. The van der Waals surface area contributed by atoms with Crippen LogP contribution in [-0.4, -0.2) is 42.3 Å². The summed E-state index contributed by atoms with van der Waals surface area (Å²) in [5.41, 5.74) is 4.46. The molecule has 7 heteroatoms. The number of nitrogens with one attached hydrogen (secondary N) is 2. The number of alkyl carbamates (subject to hydrolysis) is 1. The molecule has 2 amide bonds. The van der Waals surface area contributed by atoms with Crippen LogP contribution in [-0.2, 0) is 14.3 Å². The highest BCUT2D eigenvalue weighted by molar-refractivity contribution is 5.86. The van der Waals surface area contributed by atoms with E-state index < -0.39 is 29.9 Å². The minimum Gasteiger partial charge on any atom is -0.481 e. The number of hydrogen-bond acceptors (Lipinski definition) is 4. The zero-order valence-corrected chi connectivity index (χ0v) is 19.8. The van der Waals surface area contributed by atoms with Gasteiger partial charge in [0, 0.05) is 18.9 Å². The number of benzene rings is 2. The Balaban J connectivity index is 1.37. The Morgan fingerprint density at radius 1 is 1.06 bits per heavy atom. The Hall–Kier alpha value is -3.79. The second-order valence-corrected chi connectivity index (χ2v) is 9.03. The summed E-state index contributed by atoms with van der Waals surface area (Å²) in [6, 6.07) is 15.2. The molecule has 2 aliphatic carbocycles. The van der Waals surface area contributed by atoms with Crippen LogP contribution in [0.2, 0.25) is 0 Å². The highest BCUT2D eigenvalue weighted by atomic mass is 16.5. The van der Waals surface area contributed by atoms with Gasteiger partial charge in [0.2, 0.25) is 5.91 Å². The molecule has 4 rings (SSSR count). The molecule has 182 valence electrons. The second kappa shape index (κ2) is 11.1. The molecule has 2 unspecified atom stereocenters. The van der Waals surface area contributed by atoms with Crippen LogP contribution in [0.15, 0.2) is 48.5 Å². The van der Waals surface area contributed by atoms with Crippen molar-refractivity contribution in [2.75, 3.05) is 13.2 Å². The van der Waals surface area contributed by atoms with E-state index in [0.717, 1.165) is 41.5 Å². The molecule has 0 spiro atoms. The summed E-state index contributed by atoms with van der Waals surface area (Å²) in [6.45, 7) is 1.82. The van der Waals surface area contributed by atoms with E-state index in [9.17, 15) is 19.5 Å². The summed E-state index contributed by atoms with van der Waals surface area (Å²) in [4.78, 5) is 37.0.